The first-order valence-corrected chi connectivity index (χ1v) is 4.82. The second-order valence-electron chi connectivity index (χ2n) is 1.96. The van der Waals surface area contributed by atoms with E-state index in [0.29, 0.717) is 0 Å². The lowest BCUT2D eigenvalue weighted by atomic mass is 10.3. The molecule has 2 heteroatoms. The smallest absolute Gasteiger partial charge is 0.0459 e. The van der Waals surface area contributed by atoms with Gasteiger partial charge < -0.3 is 0 Å². The highest BCUT2D eigenvalue weighted by Crippen LogP contribution is 1.93. The van der Waals surface area contributed by atoms with Gasteiger partial charge in [-0.15, -0.1) is 17.3 Å². The molecule has 66 valence electrons. The van der Waals surface area contributed by atoms with Crippen molar-refractivity contribution in [2.45, 2.75) is 33.1 Å². The summed E-state index contributed by atoms with van der Waals surface area (Å²) in [6.45, 7) is 4.03. The van der Waals surface area contributed by atoms with Gasteiger partial charge in [-0.05, 0) is 19.4 Å². The van der Waals surface area contributed by atoms with E-state index < -0.39 is 0 Å². The summed E-state index contributed by atoms with van der Waals surface area (Å²) in [5, 5.41) is 0. The third-order valence-electron chi connectivity index (χ3n) is 0.967. The molecule has 11 heavy (non-hydrogen) atoms. The van der Waals surface area contributed by atoms with Crippen LogP contribution >= 0.6 is 23.2 Å². The molecule has 0 unspecified atom stereocenters. The quantitative estimate of drug-likeness (QED) is 0.357. The van der Waals surface area contributed by atoms with Crippen LogP contribution in [0.5, 0.6) is 0 Å². The van der Waals surface area contributed by atoms with Gasteiger partial charge in [-0.25, -0.2) is 0 Å². The number of hydrogen-bond donors (Lipinski definition) is 0. The molecule has 0 nitrogen and oxygen atoms in total. The Morgan fingerprint density at radius 1 is 1.36 bits per heavy atom. The zero-order valence-electron chi connectivity index (χ0n) is 7.24. The fourth-order valence-electron chi connectivity index (χ4n) is 0.407. The highest BCUT2D eigenvalue weighted by atomic mass is 35.5. The topological polar surface area (TPSA) is 0 Å². The fourth-order valence-corrected chi connectivity index (χ4v) is 0.722. The van der Waals surface area contributed by atoms with Crippen LogP contribution in [0.3, 0.4) is 0 Å². The van der Waals surface area contributed by atoms with Gasteiger partial charge in [0.05, 0.1) is 0 Å². The van der Waals surface area contributed by atoms with E-state index in [1.807, 2.05) is 6.92 Å². The molecule has 0 rings (SSSR count). The molecular formula is C9H16Cl2. The summed E-state index contributed by atoms with van der Waals surface area (Å²) in [4.78, 5) is 0. The number of unbranched alkanes of at least 4 members (excludes halogenated alkanes) is 2. The molecule has 0 heterocycles. The highest BCUT2D eigenvalue weighted by molar-refractivity contribution is 6.25. The van der Waals surface area contributed by atoms with Crippen LogP contribution in [0.25, 0.3) is 0 Å². The molecular weight excluding hydrogens is 179 g/mol. The SMILES string of the molecule is CC=C=CCl.CCCCCCl. The first kappa shape index (κ1) is 13.7. The van der Waals surface area contributed by atoms with E-state index in [4.69, 9.17) is 23.2 Å². The largest absolute Gasteiger partial charge is 0.127 e. The van der Waals surface area contributed by atoms with E-state index in [2.05, 4.69) is 12.7 Å². The van der Waals surface area contributed by atoms with E-state index in [1.165, 1.54) is 24.8 Å². The predicted octanol–water partition coefficient (Wildman–Crippen LogP) is 4.33. The van der Waals surface area contributed by atoms with E-state index in [-0.39, 0.29) is 0 Å². The second-order valence-corrected chi connectivity index (χ2v) is 2.56. The van der Waals surface area contributed by atoms with Crippen molar-refractivity contribution in [2.24, 2.45) is 0 Å². The first-order valence-electron chi connectivity index (χ1n) is 3.85. The van der Waals surface area contributed by atoms with E-state index in [1.54, 1.807) is 6.08 Å². The highest BCUT2D eigenvalue weighted by Gasteiger charge is 1.76. The molecule has 0 fully saturated rings. The zero-order valence-corrected chi connectivity index (χ0v) is 8.75. The van der Waals surface area contributed by atoms with Crippen LogP contribution in [0.15, 0.2) is 17.3 Å². The summed E-state index contributed by atoms with van der Waals surface area (Å²) in [5.41, 5.74) is 3.97. The molecule has 0 radical (unpaired) electrons. The molecule has 0 aromatic carbocycles. The molecule has 0 bridgehead atoms. The summed E-state index contributed by atoms with van der Waals surface area (Å²) in [6, 6.07) is 0. The minimum atomic E-state index is 0.827. The molecule has 0 aromatic rings. The minimum Gasteiger partial charge on any atom is -0.127 e. The molecule has 0 saturated heterocycles. The molecule has 0 aliphatic heterocycles. The Hall–Kier alpha value is 0.100. The van der Waals surface area contributed by atoms with Crippen molar-refractivity contribution >= 4 is 23.2 Å². The lowest BCUT2D eigenvalue weighted by Gasteiger charge is -1.84. The summed E-state index contributed by atoms with van der Waals surface area (Å²) in [6.07, 6.45) is 5.47. The molecule has 0 saturated carbocycles. The Morgan fingerprint density at radius 3 is 2.09 bits per heavy atom. The van der Waals surface area contributed by atoms with Crippen molar-refractivity contribution < 1.29 is 0 Å². The molecule has 0 aliphatic carbocycles. The van der Waals surface area contributed by atoms with Gasteiger partial charge in [0.25, 0.3) is 0 Å². The normalized spacial score (nSPS) is 7.27. The first-order chi connectivity index (χ1) is 5.33. The van der Waals surface area contributed by atoms with Crippen LogP contribution in [0.1, 0.15) is 33.1 Å². The molecule has 0 aromatic heterocycles. The maximum atomic E-state index is 5.38. The molecule has 0 N–H and O–H groups in total. The van der Waals surface area contributed by atoms with Gasteiger partial charge in [0.2, 0.25) is 0 Å². The Bertz CT molecular complexity index is 92.1. The standard InChI is InChI=1S/C5H11Cl.C4H5Cl/c1-2-3-4-5-6;1-2-3-4-5/h2-5H2,1H3;2,4H,1H3. The van der Waals surface area contributed by atoms with Crippen LogP contribution in [0.2, 0.25) is 0 Å². The molecule has 0 amide bonds. The Kier molecular flexibility index (Phi) is 20.6. The van der Waals surface area contributed by atoms with E-state index >= 15 is 0 Å². The van der Waals surface area contributed by atoms with Crippen molar-refractivity contribution in [2.75, 3.05) is 5.88 Å². The summed E-state index contributed by atoms with van der Waals surface area (Å²) < 4.78 is 0. The van der Waals surface area contributed by atoms with Crippen LogP contribution in [-0.2, 0) is 0 Å². The van der Waals surface area contributed by atoms with Crippen molar-refractivity contribution in [3.8, 4) is 0 Å². The fraction of sp³-hybridized carbons (Fsp3) is 0.667. The lowest BCUT2D eigenvalue weighted by Crippen LogP contribution is -1.70. The monoisotopic (exact) mass is 194 g/mol. The molecule has 0 atom stereocenters. The Labute approximate surface area is 79.9 Å². The van der Waals surface area contributed by atoms with Crippen molar-refractivity contribution in [3.05, 3.63) is 17.3 Å². The van der Waals surface area contributed by atoms with Gasteiger partial charge in [0, 0.05) is 11.4 Å². The van der Waals surface area contributed by atoms with Crippen molar-refractivity contribution in [3.63, 3.8) is 0 Å². The average Bonchev–Trinajstić information content (AvgIpc) is 2.04. The Balaban J connectivity index is 0. The summed E-state index contributed by atoms with van der Waals surface area (Å²) in [5.74, 6) is 0.827. The number of rotatable bonds is 3. The maximum absolute atomic E-state index is 5.38. The summed E-state index contributed by atoms with van der Waals surface area (Å²) >= 11 is 10.4. The minimum absolute atomic E-state index is 0.827. The number of hydrogen-bond acceptors (Lipinski definition) is 0. The number of allylic oxidation sites excluding steroid dienone is 1. The zero-order chi connectivity index (χ0) is 8.95. The maximum Gasteiger partial charge on any atom is 0.0459 e. The van der Waals surface area contributed by atoms with E-state index in [9.17, 15) is 0 Å². The van der Waals surface area contributed by atoms with Crippen LogP contribution in [0.4, 0.5) is 0 Å². The third kappa shape index (κ3) is 25.5. The van der Waals surface area contributed by atoms with Gasteiger partial charge in [-0.1, -0.05) is 31.4 Å². The lowest BCUT2D eigenvalue weighted by molar-refractivity contribution is 0.776. The second kappa shape index (κ2) is 16.6. The van der Waals surface area contributed by atoms with Gasteiger partial charge in [0.15, 0.2) is 0 Å². The van der Waals surface area contributed by atoms with Crippen LogP contribution < -0.4 is 0 Å². The van der Waals surface area contributed by atoms with Gasteiger partial charge in [-0.2, -0.15) is 0 Å². The number of halogens is 2. The van der Waals surface area contributed by atoms with Gasteiger partial charge >= 0.3 is 0 Å². The Morgan fingerprint density at radius 2 is 2.00 bits per heavy atom. The molecule has 0 aliphatic rings. The van der Waals surface area contributed by atoms with Crippen molar-refractivity contribution in [1.82, 2.24) is 0 Å². The average molecular weight is 195 g/mol. The molecule has 0 spiro atoms. The number of alkyl halides is 1. The predicted molar refractivity (Wildman–Crippen MR) is 54.4 cm³/mol. The van der Waals surface area contributed by atoms with Crippen LogP contribution in [-0.4, -0.2) is 5.88 Å². The summed E-state index contributed by atoms with van der Waals surface area (Å²) in [7, 11) is 0. The van der Waals surface area contributed by atoms with E-state index in [0.717, 1.165) is 5.88 Å². The van der Waals surface area contributed by atoms with Crippen LogP contribution in [0, 0.1) is 0 Å². The van der Waals surface area contributed by atoms with Gasteiger partial charge in [0.1, 0.15) is 0 Å². The van der Waals surface area contributed by atoms with Gasteiger partial charge in [-0.3, -0.25) is 0 Å². The third-order valence-corrected chi connectivity index (χ3v) is 1.36. The van der Waals surface area contributed by atoms with Crippen molar-refractivity contribution in [1.29, 1.82) is 0 Å².